The molecule has 0 spiro atoms. The molecule has 1 aromatic carbocycles. The molecule has 1 aliphatic heterocycles. The minimum Gasteiger partial charge on any atom is -0.619 e. The maximum Gasteiger partial charge on any atom is 0.416 e. The summed E-state index contributed by atoms with van der Waals surface area (Å²) in [6, 6.07) is 7.42. The molecule has 1 aromatic heterocycles. The highest BCUT2D eigenvalue weighted by atomic mass is 19.4. The van der Waals surface area contributed by atoms with Crippen molar-refractivity contribution in [2.45, 2.75) is 25.2 Å². The minimum atomic E-state index is -4.51. The van der Waals surface area contributed by atoms with Gasteiger partial charge in [-0.1, -0.05) is 18.2 Å². The fraction of sp³-hybridized carbons (Fsp3) is 0.278. The predicted octanol–water partition coefficient (Wildman–Crippen LogP) is 1.87. The molecule has 3 rings (SSSR count). The maximum atomic E-state index is 13.1. The van der Waals surface area contributed by atoms with Gasteiger partial charge in [-0.25, -0.2) is 0 Å². The second-order valence-corrected chi connectivity index (χ2v) is 6.26. The third kappa shape index (κ3) is 4.36. The van der Waals surface area contributed by atoms with Crippen LogP contribution in [0.25, 0.3) is 0 Å². The molecule has 0 radical (unpaired) electrons. The lowest BCUT2D eigenvalue weighted by Crippen LogP contribution is -2.38. The summed E-state index contributed by atoms with van der Waals surface area (Å²) in [6.07, 6.45) is -2.18. The zero-order chi connectivity index (χ0) is 19.6. The van der Waals surface area contributed by atoms with Crippen LogP contribution >= 0.6 is 0 Å². The first kappa shape index (κ1) is 18.7. The number of alkyl halides is 3. The smallest absolute Gasteiger partial charge is 0.416 e. The summed E-state index contributed by atoms with van der Waals surface area (Å²) in [5, 5.41) is 13.9. The maximum absolute atomic E-state index is 13.1. The highest BCUT2D eigenvalue weighted by Crippen LogP contribution is 2.32. The van der Waals surface area contributed by atoms with Gasteiger partial charge in [0.25, 0.3) is 5.91 Å². The molecule has 1 unspecified atom stereocenters. The number of likely N-dealkylation sites (tertiary alicyclic amines) is 1. The van der Waals surface area contributed by atoms with Crippen molar-refractivity contribution in [3.8, 4) is 0 Å². The monoisotopic (exact) mass is 379 g/mol. The van der Waals surface area contributed by atoms with E-state index in [1.807, 2.05) is 0 Å². The Bertz CT molecular complexity index is 870. The van der Waals surface area contributed by atoms with Gasteiger partial charge in [-0.15, -0.1) is 0 Å². The van der Waals surface area contributed by atoms with Gasteiger partial charge in [-0.05, 0) is 17.7 Å². The number of amides is 2. The van der Waals surface area contributed by atoms with Crippen LogP contribution < -0.4 is 10.0 Å². The van der Waals surface area contributed by atoms with Crippen LogP contribution in [0.4, 0.5) is 13.2 Å². The Morgan fingerprint density at radius 2 is 2.00 bits per heavy atom. The van der Waals surface area contributed by atoms with Crippen molar-refractivity contribution >= 4 is 11.8 Å². The predicted molar refractivity (Wildman–Crippen MR) is 88.1 cm³/mol. The van der Waals surface area contributed by atoms with E-state index in [9.17, 15) is 28.0 Å². The molecule has 0 bridgehead atoms. The summed E-state index contributed by atoms with van der Waals surface area (Å²) in [6.45, 7) is -0.0895. The van der Waals surface area contributed by atoms with Crippen LogP contribution in [-0.4, -0.2) is 29.3 Å². The largest absolute Gasteiger partial charge is 0.619 e. The Labute approximate surface area is 152 Å². The summed E-state index contributed by atoms with van der Waals surface area (Å²) < 4.78 is 39.8. The van der Waals surface area contributed by atoms with E-state index in [2.05, 4.69) is 5.32 Å². The van der Waals surface area contributed by atoms with Crippen LogP contribution in [0.3, 0.4) is 0 Å². The van der Waals surface area contributed by atoms with Crippen molar-refractivity contribution in [1.82, 2.24) is 10.2 Å². The van der Waals surface area contributed by atoms with Crippen LogP contribution in [0.1, 0.15) is 27.9 Å². The number of carbonyl (C=O) groups is 2. The summed E-state index contributed by atoms with van der Waals surface area (Å²) in [4.78, 5) is 25.6. The first-order chi connectivity index (χ1) is 12.7. The Morgan fingerprint density at radius 1 is 1.26 bits per heavy atom. The Balaban J connectivity index is 1.67. The van der Waals surface area contributed by atoms with E-state index in [0.717, 1.165) is 12.3 Å². The number of carbonyl (C=O) groups excluding carboxylic acids is 2. The number of aromatic nitrogens is 1. The molecule has 2 amide bonds. The fourth-order valence-corrected chi connectivity index (χ4v) is 3.02. The van der Waals surface area contributed by atoms with Crippen LogP contribution in [0, 0.1) is 5.21 Å². The average Bonchev–Trinajstić information content (AvgIpc) is 2.93. The molecule has 2 heterocycles. The van der Waals surface area contributed by atoms with Gasteiger partial charge in [-0.2, -0.15) is 17.9 Å². The highest BCUT2D eigenvalue weighted by molar-refractivity contribution is 5.94. The Hall–Kier alpha value is -3.10. The summed E-state index contributed by atoms with van der Waals surface area (Å²) in [7, 11) is 0. The van der Waals surface area contributed by atoms with E-state index in [-0.39, 0.29) is 36.5 Å². The molecule has 0 saturated carbocycles. The van der Waals surface area contributed by atoms with E-state index in [1.165, 1.54) is 41.4 Å². The molecule has 9 heteroatoms. The normalized spacial score (nSPS) is 17.2. The number of hydrogen-bond donors (Lipinski definition) is 1. The van der Waals surface area contributed by atoms with Gasteiger partial charge in [0.15, 0.2) is 12.4 Å². The van der Waals surface area contributed by atoms with Gasteiger partial charge in [-0.3, -0.25) is 9.59 Å². The standard InChI is InChI=1S/C18H16F3N3O3/c19-18(20,21)15-6-2-1-4-12(15)9-23-11-14(8-16(23)25)22-17(26)13-5-3-7-24(27)10-13/h1-7,10,14H,8-9,11H2,(H,22,26). The third-order valence-corrected chi connectivity index (χ3v) is 4.27. The van der Waals surface area contributed by atoms with Gasteiger partial charge in [0.2, 0.25) is 5.91 Å². The van der Waals surface area contributed by atoms with Crippen LogP contribution in [0.2, 0.25) is 0 Å². The number of benzene rings is 1. The van der Waals surface area contributed by atoms with E-state index in [0.29, 0.717) is 4.73 Å². The SMILES string of the molecule is O=C(NC1CC(=O)N(Cc2ccccc2C(F)(F)F)C1)c1ccc[n+]([O-])c1. The lowest BCUT2D eigenvalue weighted by molar-refractivity contribution is -0.605. The van der Waals surface area contributed by atoms with Crippen LogP contribution in [-0.2, 0) is 17.5 Å². The lowest BCUT2D eigenvalue weighted by Gasteiger charge is -2.20. The summed E-state index contributed by atoms with van der Waals surface area (Å²) >= 11 is 0. The highest BCUT2D eigenvalue weighted by Gasteiger charge is 2.36. The minimum absolute atomic E-state index is 0.000725. The molecule has 1 atom stereocenters. The number of rotatable bonds is 4. The second-order valence-electron chi connectivity index (χ2n) is 6.26. The van der Waals surface area contributed by atoms with E-state index >= 15 is 0 Å². The zero-order valence-electron chi connectivity index (χ0n) is 14.1. The van der Waals surface area contributed by atoms with Gasteiger partial charge in [0.05, 0.1) is 11.6 Å². The fourth-order valence-electron chi connectivity index (χ4n) is 3.02. The zero-order valence-corrected chi connectivity index (χ0v) is 14.1. The molecule has 0 aliphatic carbocycles. The summed E-state index contributed by atoms with van der Waals surface area (Å²) in [5.74, 6) is -0.861. The number of halogens is 3. The van der Waals surface area contributed by atoms with E-state index in [1.54, 1.807) is 0 Å². The first-order valence-corrected chi connectivity index (χ1v) is 8.16. The number of nitrogens with one attached hydrogen (secondary N) is 1. The molecule has 1 fully saturated rings. The van der Waals surface area contributed by atoms with Crippen molar-refractivity contribution < 1.29 is 27.5 Å². The van der Waals surface area contributed by atoms with E-state index in [4.69, 9.17) is 0 Å². The van der Waals surface area contributed by atoms with Crippen molar-refractivity contribution in [1.29, 1.82) is 0 Å². The van der Waals surface area contributed by atoms with Crippen LogP contribution in [0.5, 0.6) is 0 Å². The molecule has 2 aromatic rings. The van der Waals surface area contributed by atoms with Gasteiger partial charge < -0.3 is 15.4 Å². The van der Waals surface area contributed by atoms with Crippen molar-refractivity contribution in [2.24, 2.45) is 0 Å². The number of nitrogens with zero attached hydrogens (tertiary/aromatic N) is 2. The number of hydrogen-bond acceptors (Lipinski definition) is 3. The molecule has 142 valence electrons. The molecule has 6 nitrogen and oxygen atoms in total. The van der Waals surface area contributed by atoms with Crippen molar-refractivity contribution in [3.63, 3.8) is 0 Å². The molecule has 1 saturated heterocycles. The number of pyridine rings is 1. The quantitative estimate of drug-likeness (QED) is 0.651. The Morgan fingerprint density at radius 3 is 2.70 bits per heavy atom. The molecule has 27 heavy (non-hydrogen) atoms. The average molecular weight is 379 g/mol. The van der Waals surface area contributed by atoms with Crippen molar-refractivity contribution in [2.75, 3.05) is 6.54 Å². The molecular weight excluding hydrogens is 363 g/mol. The molecular formula is C18H16F3N3O3. The van der Waals surface area contributed by atoms with Gasteiger partial charge >= 0.3 is 6.18 Å². The Kier molecular flexibility index (Phi) is 5.02. The molecule has 1 N–H and O–H groups in total. The lowest BCUT2D eigenvalue weighted by atomic mass is 10.1. The van der Waals surface area contributed by atoms with Crippen molar-refractivity contribution in [3.05, 3.63) is 70.7 Å². The summed E-state index contributed by atoms with van der Waals surface area (Å²) in [5.41, 5.74) is -0.642. The first-order valence-electron chi connectivity index (χ1n) is 8.16. The topological polar surface area (TPSA) is 76.4 Å². The third-order valence-electron chi connectivity index (χ3n) is 4.27. The molecule has 1 aliphatic rings. The van der Waals surface area contributed by atoms with Gasteiger partial charge in [0.1, 0.15) is 5.56 Å². The van der Waals surface area contributed by atoms with E-state index < -0.39 is 23.7 Å². The van der Waals surface area contributed by atoms with Crippen LogP contribution in [0.15, 0.2) is 48.8 Å². The second kappa shape index (κ2) is 7.26. The van der Waals surface area contributed by atoms with Gasteiger partial charge in [0, 0.05) is 25.6 Å².